The number of rotatable bonds is 5. The highest BCUT2D eigenvalue weighted by Gasteiger charge is 2.29. The van der Waals surface area contributed by atoms with Crippen molar-refractivity contribution >= 4 is 40.1 Å². The lowest BCUT2D eigenvalue weighted by Gasteiger charge is -2.15. The topological polar surface area (TPSA) is 127 Å². The van der Waals surface area contributed by atoms with E-state index in [9.17, 15) is 9.59 Å². The van der Waals surface area contributed by atoms with E-state index in [4.69, 9.17) is 9.47 Å². The number of pyridine rings is 1. The summed E-state index contributed by atoms with van der Waals surface area (Å²) >= 11 is 0. The van der Waals surface area contributed by atoms with Crippen molar-refractivity contribution in [3.05, 3.63) is 43.0 Å². The van der Waals surface area contributed by atoms with E-state index in [0.717, 1.165) is 5.69 Å². The van der Waals surface area contributed by atoms with Gasteiger partial charge in [-0.15, -0.1) is 0 Å². The van der Waals surface area contributed by atoms with Crippen molar-refractivity contribution < 1.29 is 19.1 Å². The summed E-state index contributed by atoms with van der Waals surface area (Å²) in [6.45, 7) is -0.0292. The maximum Gasteiger partial charge on any atom is 0.407 e. The number of aromatic nitrogens is 3. The molecule has 0 aliphatic carbocycles. The number of amides is 2. The third-order valence-corrected chi connectivity index (χ3v) is 4.15. The molecule has 1 aliphatic rings. The van der Waals surface area contributed by atoms with Gasteiger partial charge >= 0.3 is 6.09 Å². The van der Waals surface area contributed by atoms with Gasteiger partial charge in [-0.25, -0.2) is 14.8 Å². The van der Waals surface area contributed by atoms with Gasteiger partial charge in [0.05, 0.1) is 18.3 Å². The Hall–Kier alpha value is -3.95. The molecule has 3 N–H and O–H groups in total. The van der Waals surface area contributed by atoms with E-state index >= 15 is 0 Å². The zero-order valence-corrected chi connectivity index (χ0v) is 14.8. The number of nitrogens with zero attached hydrogens (tertiary/aromatic N) is 3. The van der Waals surface area contributed by atoms with Crippen LogP contribution in [0.4, 0.5) is 22.0 Å². The first-order valence-corrected chi connectivity index (χ1v) is 8.38. The highest BCUT2D eigenvalue weighted by atomic mass is 16.6. The second-order valence-electron chi connectivity index (χ2n) is 5.94. The molecule has 10 nitrogen and oxygen atoms in total. The molecule has 142 valence electrons. The van der Waals surface area contributed by atoms with Gasteiger partial charge in [0.2, 0.25) is 0 Å². The second kappa shape index (κ2) is 7.35. The van der Waals surface area contributed by atoms with E-state index in [-0.39, 0.29) is 6.61 Å². The average molecular weight is 380 g/mol. The fourth-order valence-electron chi connectivity index (χ4n) is 2.77. The predicted octanol–water partition coefficient (Wildman–Crippen LogP) is 1.82. The molecular weight excluding hydrogens is 364 g/mol. The average Bonchev–Trinajstić information content (AvgIpc) is 3.15. The molecular formula is C18H16N6O4. The van der Waals surface area contributed by atoms with Gasteiger partial charge in [-0.3, -0.25) is 9.78 Å². The summed E-state index contributed by atoms with van der Waals surface area (Å²) in [6.07, 6.45) is 4.15. The van der Waals surface area contributed by atoms with Crippen LogP contribution >= 0.6 is 0 Å². The first kappa shape index (κ1) is 17.5. The molecule has 28 heavy (non-hydrogen) atoms. The van der Waals surface area contributed by atoms with Crippen molar-refractivity contribution in [2.24, 2.45) is 0 Å². The number of nitrogens with one attached hydrogen (secondary N) is 3. The third kappa shape index (κ3) is 3.47. The number of hydrogen-bond donors (Lipinski definition) is 3. The van der Waals surface area contributed by atoms with Gasteiger partial charge in [0.25, 0.3) is 5.91 Å². The number of methoxy groups -OCH3 is 1. The minimum atomic E-state index is -0.769. The largest absolute Gasteiger partial charge is 0.494 e. The summed E-state index contributed by atoms with van der Waals surface area (Å²) in [4.78, 5) is 36.1. The normalized spacial score (nSPS) is 15.6. The van der Waals surface area contributed by atoms with E-state index in [1.165, 1.54) is 13.4 Å². The minimum Gasteiger partial charge on any atom is -0.494 e. The summed E-state index contributed by atoms with van der Waals surface area (Å²) in [7, 11) is 1.49. The van der Waals surface area contributed by atoms with Crippen LogP contribution in [-0.4, -0.2) is 46.7 Å². The number of ether oxygens (including phenoxy) is 2. The number of carbonyl (C=O) groups excluding carboxylic acids is 2. The zero-order chi connectivity index (χ0) is 19.5. The van der Waals surface area contributed by atoms with Crippen molar-refractivity contribution in [2.45, 2.75) is 6.04 Å². The molecule has 0 spiro atoms. The highest BCUT2D eigenvalue weighted by Crippen LogP contribution is 2.33. The number of carbonyl (C=O) groups is 2. The van der Waals surface area contributed by atoms with Crippen LogP contribution in [0.5, 0.6) is 5.75 Å². The van der Waals surface area contributed by atoms with Crippen LogP contribution < -0.4 is 20.7 Å². The lowest BCUT2D eigenvalue weighted by atomic mass is 10.1. The van der Waals surface area contributed by atoms with Crippen molar-refractivity contribution in [3.8, 4) is 5.75 Å². The van der Waals surface area contributed by atoms with Gasteiger partial charge in [0, 0.05) is 29.5 Å². The maximum atomic E-state index is 12.4. The van der Waals surface area contributed by atoms with Crippen LogP contribution in [0.3, 0.4) is 0 Å². The van der Waals surface area contributed by atoms with E-state index in [0.29, 0.717) is 28.2 Å². The Morgan fingerprint density at radius 2 is 2.11 bits per heavy atom. The first-order chi connectivity index (χ1) is 13.6. The highest BCUT2D eigenvalue weighted by molar-refractivity contribution is 6.02. The standard InChI is InChI=1S/C18H16N6O4/c1-27-15-7-12-11(6-13(15)23-17(25)14-8-28-18(26)24-14)16(21-9-20-12)22-10-2-4-19-5-3-10/h2-7,9,14H,8H2,1H3,(H,23,25)(H,24,26)(H,19,20,21,22)/t14-/m1/s1. The molecule has 0 radical (unpaired) electrons. The van der Waals surface area contributed by atoms with Crippen LogP contribution in [-0.2, 0) is 9.53 Å². The second-order valence-corrected chi connectivity index (χ2v) is 5.94. The zero-order valence-electron chi connectivity index (χ0n) is 14.8. The molecule has 1 aliphatic heterocycles. The molecule has 1 saturated heterocycles. The summed E-state index contributed by atoms with van der Waals surface area (Å²) < 4.78 is 10.1. The Balaban J connectivity index is 1.68. The molecule has 2 aromatic heterocycles. The predicted molar refractivity (Wildman–Crippen MR) is 101 cm³/mol. The number of cyclic esters (lactones) is 1. The number of fused-ring (bicyclic) bond motifs is 1. The number of benzene rings is 1. The Morgan fingerprint density at radius 3 is 2.82 bits per heavy atom. The summed E-state index contributed by atoms with van der Waals surface area (Å²) in [5.74, 6) is 0.579. The smallest absolute Gasteiger partial charge is 0.407 e. The van der Waals surface area contributed by atoms with Gasteiger partial charge in [0.1, 0.15) is 30.5 Å². The molecule has 1 aromatic carbocycles. The van der Waals surface area contributed by atoms with Gasteiger partial charge in [-0.1, -0.05) is 0 Å². The molecule has 10 heteroatoms. The van der Waals surface area contributed by atoms with E-state index < -0.39 is 18.0 Å². The molecule has 3 aromatic rings. The quantitative estimate of drug-likeness (QED) is 0.612. The van der Waals surface area contributed by atoms with Crippen LogP contribution in [0.15, 0.2) is 43.0 Å². The molecule has 0 bridgehead atoms. The lowest BCUT2D eigenvalue weighted by molar-refractivity contribution is -0.117. The molecule has 4 rings (SSSR count). The molecule has 0 unspecified atom stereocenters. The fraction of sp³-hybridized carbons (Fsp3) is 0.167. The van der Waals surface area contributed by atoms with Gasteiger partial charge in [-0.05, 0) is 18.2 Å². The molecule has 1 atom stereocenters. The van der Waals surface area contributed by atoms with Crippen molar-refractivity contribution in [2.75, 3.05) is 24.4 Å². The molecule has 3 heterocycles. The van der Waals surface area contributed by atoms with Crippen LogP contribution in [0, 0.1) is 0 Å². The number of anilines is 3. The number of alkyl carbamates (subject to hydrolysis) is 1. The summed E-state index contributed by atoms with van der Waals surface area (Å²) in [6, 6.07) is 6.27. The first-order valence-electron chi connectivity index (χ1n) is 8.38. The summed E-state index contributed by atoms with van der Waals surface area (Å²) in [5, 5.41) is 9.08. The van der Waals surface area contributed by atoms with Crippen LogP contribution in [0.25, 0.3) is 10.9 Å². The maximum absolute atomic E-state index is 12.4. The van der Waals surface area contributed by atoms with Crippen molar-refractivity contribution in [3.63, 3.8) is 0 Å². The van der Waals surface area contributed by atoms with E-state index in [1.807, 2.05) is 12.1 Å². The molecule has 0 saturated carbocycles. The lowest BCUT2D eigenvalue weighted by Crippen LogP contribution is -2.38. The summed E-state index contributed by atoms with van der Waals surface area (Å²) in [5.41, 5.74) is 1.87. The molecule has 2 amide bonds. The van der Waals surface area contributed by atoms with Crippen molar-refractivity contribution in [1.29, 1.82) is 0 Å². The fourth-order valence-corrected chi connectivity index (χ4v) is 2.77. The Bertz CT molecular complexity index is 1040. The van der Waals surface area contributed by atoms with E-state index in [2.05, 4.69) is 30.9 Å². The Labute approximate surface area is 159 Å². The SMILES string of the molecule is COc1cc2ncnc(Nc3ccncc3)c2cc1NC(=O)[C@H]1COC(=O)N1. The van der Waals surface area contributed by atoms with E-state index in [1.54, 1.807) is 24.5 Å². The van der Waals surface area contributed by atoms with Crippen molar-refractivity contribution in [1.82, 2.24) is 20.3 Å². The Kier molecular flexibility index (Phi) is 4.58. The third-order valence-electron chi connectivity index (χ3n) is 4.15. The Morgan fingerprint density at radius 1 is 1.29 bits per heavy atom. The minimum absolute atomic E-state index is 0.0292. The van der Waals surface area contributed by atoms with Crippen LogP contribution in [0.1, 0.15) is 0 Å². The van der Waals surface area contributed by atoms with Gasteiger partial charge in [0.15, 0.2) is 0 Å². The van der Waals surface area contributed by atoms with Gasteiger partial charge in [-0.2, -0.15) is 0 Å². The molecule has 1 fully saturated rings. The monoisotopic (exact) mass is 380 g/mol. The van der Waals surface area contributed by atoms with Gasteiger partial charge < -0.3 is 25.4 Å². The van der Waals surface area contributed by atoms with Crippen LogP contribution in [0.2, 0.25) is 0 Å². The number of hydrogen-bond acceptors (Lipinski definition) is 8.